The van der Waals surface area contributed by atoms with Gasteiger partial charge in [-0.05, 0) is 126 Å². The third-order valence-corrected chi connectivity index (χ3v) is 12.4. The van der Waals surface area contributed by atoms with Gasteiger partial charge in [0.1, 0.15) is 11.5 Å². The number of hydrogen-bond acceptors (Lipinski definition) is 2. The highest BCUT2D eigenvalue weighted by Gasteiger charge is 2.23. The van der Waals surface area contributed by atoms with Crippen molar-refractivity contribution in [2.24, 2.45) is 0 Å². The summed E-state index contributed by atoms with van der Waals surface area (Å²) in [4.78, 5) is 2.43. The molecule has 2 nitrogen and oxygen atoms in total. The minimum atomic E-state index is 0.886. The normalized spacial score (nSPS) is 11.7. The third-order valence-electron chi connectivity index (χ3n) is 12.4. The number of ether oxygens (including phenoxy) is 1. The largest absolute Gasteiger partial charge is 0.456 e. The number of benzene rings is 11. The van der Waals surface area contributed by atoms with Crippen molar-refractivity contribution in [3.63, 3.8) is 0 Å². The van der Waals surface area contributed by atoms with Crippen LogP contribution in [0.5, 0.6) is 11.5 Å². The molecule has 11 aromatic rings. The molecule has 0 atom stereocenters. The quantitative estimate of drug-likeness (QED) is 0.159. The predicted molar refractivity (Wildman–Crippen MR) is 261 cm³/mol. The molecule has 0 saturated heterocycles. The molecule has 1 aliphatic rings. The van der Waals surface area contributed by atoms with Crippen LogP contribution in [0, 0.1) is 0 Å². The molecule has 1 heterocycles. The van der Waals surface area contributed by atoms with Crippen molar-refractivity contribution in [3.8, 4) is 67.1 Å². The van der Waals surface area contributed by atoms with Crippen molar-refractivity contribution in [1.82, 2.24) is 0 Å². The zero-order valence-electron chi connectivity index (χ0n) is 33.9. The summed E-state index contributed by atoms with van der Waals surface area (Å²) in [5.74, 6) is 1.78. The van der Waals surface area contributed by atoms with Crippen LogP contribution in [-0.4, -0.2) is 0 Å². The van der Waals surface area contributed by atoms with Gasteiger partial charge in [-0.3, -0.25) is 0 Å². The molecule has 11 aromatic carbocycles. The zero-order valence-corrected chi connectivity index (χ0v) is 33.9. The number of para-hydroxylation sites is 2. The summed E-state index contributed by atoms with van der Waals surface area (Å²) in [6.45, 7) is 0. The van der Waals surface area contributed by atoms with Crippen LogP contribution in [-0.2, 0) is 0 Å². The Morgan fingerprint density at radius 1 is 0.274 bits per heavy atom. The van der Waals surface area contributed by atoms with Gasteiger partial charge in [-0.2, -0.15) is 0 Å². The second-order valence-electron chi connectivity index (χ2n) is 16.0. The molecular weight excluding hydrogens is 751 g/mol. The van der Waals surface area contributed by atoms with Crippen LogP contribution in [0.1, 0.15) is 0 Å². The minimum Gasteiger partial charge on any atom is -0.456 e. The van der Waals surface area contributed by atoms with E-state index in [0.29, 0.717) is 0 Å². The highest BCUT2D eigenvalue weighted by atomic mass is 16.5. The van der Waals surface area contributed by atoms with Crippen LogP contribution in [0.4, 0.5) is 17.1 Å². The van der Waals surface area contributed by atoms with Gasteiger partial charge < -0.3 is 9.64 Å². The maximum Gasteiger partial charge on any atom is 0.135 e. The van der Waals surface area contributed by atoms with Gasteiger partial charge in [-0.15, -0.1) is 0 Å². The van der Waals surface area contributed by atoms with Gasteiger partial charge >= 0.3 is 0 Å². The van der Waals surface area contributed by atoms with E-state index in [9.17, 15) is 0 Å². The Morgan fingerprint density at radius 2 is 0.871 bits per heavy atom. The average Bonchev–Trinajstić information content (AvgIpc) is 3.34. The van der Waals surface area contributed by atoms with Gasteiger partial charge in [0, 0.05) is 27.9 Å². The molecule has 2 heteroatoms. The van der Waals surface area contributed by atoms with Crippen molar-refractivity contribution in [2.75, 3.05) is 4.90 Å². The first-order valence-electron chi connectivity index (χ1n) is 21.2. The summed E-state index contributed by atoms with van der Waals surface area (Å²) in [7, 11) is 0. The van der Waals surface area contributed by atoms with Crippen LogP contribution in [0.2, 0.25) is 0 Å². The fraction of sp³-hybridized carbons (Fsp3) is 0. The minimum absolute atomic E-state index is 0.886. The molecule has 0 spiro atoms. The monoisotopic (exact) mass is 789 g/mol. The number of anilines is 3. The standard InChI is InChI=1S/C60H39NO/c1-2-15-41(16-3-1)51-28-12-19-43-20-13-29-54(59(43)51)52-25-6-8-30-56(52)61(47-35-33-42(34-36-47)50-27-11-18-40-17-4-5-24-49(40)50)48-23-10-21-44(38-48)46-37-45-22-14-32-58-60(45)55(39-46)53-26-7-9-31-57(53)62-58/h1-39H. The molecule has 0 N–H and O–H groups in total. The molecule has 0 aliphatic carbocycles. The summed E-state index contributed by atoms with van der Waals surface area (Å²) in [5.41, 5.74) is 15.0. The molecule has 0 bridgehead atoms. The van der Waals surface area contributed by atoms with Gasteiger partial charge in [0.05, 0.1) is 5.69 Å². The fourth-order valence-electron chi connectivity index (χ4n) is 9.59. The van der Waals surface area contributed by atoms with Crippen molar-refractivity contribution in [3.05, 3.63) is 237 Å². The molecule has 1 aliphatic heterocycles. The van der Waals surface area contributed by atoms with Gasteiger partial charge in [0.2, 0.25) is 0 Å². The Morgan fingerprint density at radius 3 is 1.74 bits per heavy atom. The van der Waals surface area contributed by atoms with E-state index in [0.717, 1.165) is 61.6 Å². The van der Waals surface area contributed by atoms with E-state index in [-0.39, 0.29) is 0 Å². The number of hydrogen-bond donors (Lipinski definition) is 0. The van der Waals surface area contributed by atoms with Crippen LogP contribution < -0.4 is 9.64 Å². The van der Waals surface area contributed by atoms with E-state index >= 15 is 0 Å². The van der Waals surface area contributed by atoms with E-state index in [4.69, 9.17) is 4.74 Å². The summed E-state index contributed by atoms with van der Waals surface area (Å²) in [6, 6.07) is 85.6. The number of nitrogens with zero attached hydrogens (tertiary/aromatic N) is 1. The molecule has 0 aromatic heterocycles. The first-order chi connectivity index (χ1) is 30.7. The lowest BCUT2D eigenvalue weighted by Crippen LogP contribution is -2.11. The molecule has 290 valence electrons. The van der Waals surface area contributed by atoms with Crippen LogP contribution >= 0.6 is 0 Å². The summed E-state index contributed by atoms with van der Waals surface area (Å²) in [5, 5.41) is 7.24. The second-order valence-corrected chi connectivity index (χ2v) is 16.0. The van der Waals surface area contributed by atoms with Gasteiger partial charge in [-0.25, -0.2) is 0 Å². The Balaban J connectivity index is 1.06. The SMILES string of the molecule is c1ccc(-c2cccc3cccc(-c4ccccc4N(c4ccc(-c5cccc6ccccc56)cc4)c4cccc(-c5cc6c7c(cccc7c5)Oc5ccccc5-6)c4)c23)cc1. The zero-order chi connectivity index (χ0) is 41.0. The Hall–Kier alpha value is -8.20. The van der Waals surface area contributed by atoms with E-state index in [1.54, 1.807) is 0 Å². The summed E-state index contributed by atoms with van der Waals surface area (Å²) < 4.78 is 6.40. The maximum atomic E-state index is 6.40. The van der Waals surface area contributed by atoms with Crippen molar-refractivity contribution >= 4 is 49.4 Å². The topological polar surface area (TPSA) is 12.5 Å². The first-order valence-corrected chi connectivity index (χ1v) is 21.2. The van der Waals surface area contributed by atoms with Crippen LogP contribution in [0.15, 0.2) is 237 Å². The maximum absolute atomic E-state index is 6.40. The summed E-state index contributed by atoms with van der Waals surface area (Å²) >= 11 is 0. The molecule has 0 amide bonds. The van der Waals surface area contributed by atoms with Gasteiger partial charge in [-0.1, -0.05) is 182 Å². The first kappa shape index (κ1) is 35.7. The Labute approximate surface area is 361 Å². The number of fused-ring (bicyclic) bond motifs is 4. The van der Waals surface area contributed by atoms with Crippen LogP contribution in [0.3, 0.4) is 0 Å². The lowest BCUT2D eigenvalue weighted by molar-refractivity contribution is 0.487. The van der Waals surface area contributed by atoms with Crippen molar-refractivity contribution in [2.45, 2.75) is 0 Å². The van der Waals surface area contributed by atoms with E-state index in [2.05, 4.69) is 235 Å². The molecular formula is C60H39NO. The molecule has 0 unspecified atom stereocenters. The smallest absolute Gasteiger partial charge is 0.135 e. The Kier molecular flexibility index (Phi) is 8.53. The third kappa shape index (κ3) is 6.04. The lowest BCUT2D eigenvalue weighted by Gasteiger charge is -2.29. The second kappa shape index (κ2) is 14.8. The molecule has 0 radical (unpaired) electrons. The van der Waals surface area contributed by atoms with Crippen molar-refractivity contribution < 1.29 is 4.74 Å². The summed E-state index contributed by atoms with van der Waals surface area (Å²) in [6.07, 6.45) is 0. The van der Waals surface area contributed by atoms with Crippen LogP contribution in [0.25, 0.3) is 88.0 Å². The molecule has 12 rings (SSSR count). The van der Waals surface area contributed by atoms with Gasteiger partial charge in [0.25, 0.3) is 0 Å². The predicted octanol–water partition coefficient (Wildman–Crippen LogP) is 17.1. The highest BCUT2D eigenvalue weighted by molar-refractivity contribution is 6.10. The molecule has 0 saturated carbocycles. The Bertz CT molecular complexity index is 3490. The molecule has 0 fully saturated rings. The van der Waals surface area contributed by atoms with E-state index in [1.807, 2.05) is 6.07 Å². The van der Waals surface area contributed by atoms with Gasteiger partial charge in [0.15, 0.2) is 0 Å². The highest BCUT2D eigenvalue weighted by Crippen LogP contribution is 2.49. The fourth-order valence-corrected chi connectivity index (χ4v) is 9.59. The average molecular weight is 790 g/mol. The van der Waals surface area contributed by atoms with E-state index in [1.165, 1.54) is 54.9 Å². The molecule has 62 heavy (non-hydrogen) atoms. The van der Waals surface area contributed by atoms with Crippen molar-refractivity contribution in [1.29, 1.82) is 0 Å². The number of rotatable bonds is 7. The lowest BCUT2D eigenvalue weighted by atomic mass is 9.90. The van der Waals surface area contributed by atoms with E-state index < -0.39 is 0 Å².